The van der Waals surface area contributed by atoms with Crippen molar-refractivity contribution >= 4 is 11.7 Å². The van der Waals surface area contributed by atoms with Crippen molar-refractivity contribution in [3.05, 3.63) is 47.5 Å². The van der Waals surface area contributed by atoms with Gasteiger partial charge in [-0.3, -0.25) is 4.79 Å². The average molecular weight is 399 g/mol. The molecule has 29 heavy (non-hydrogen) atoms. The number of esters is 1. The number of ether oxygens (including phenoxy) is 4. The molecule has 0 spiro atoms. The summed E-state index contributed by atoms with van der Waals surface area (Å²) in [5.41, 5.74) is 2.62. The summed E-state index contributed by atoms with van der Waals surface area (Å²) in [6.45, 7) is 4.23. The van der Waals surface area contributed by atoms with Gasteiger partial charge in [0.2, 0.25) is 0 Å². The highest BCUT2D eigenvalue weighted by Crippen LogP contribution is 2.42. The van der Waals surface area contributed by atoms with Crippen LogP contribution in [0.2, 0.25) is 0 Å². The quantitative estimate of drug-likeness (QED) is 0.625. The molecule has 0 aliphatic carbocycles. The summed E-state index contributed by atoms with van der Waals surface area (Å²) in [6.07, 6.45) is 2.43. The maximum Gasteiger partial charge on any atom is 0.318 e. The number of carbonyl (C=O) groups excluding carboxylic acids is 1. The molecule has 2 aromatic rings. The van der Waals surface area contributed by atoms with Gasteiger partial charge in [-0.1, -0.05) is 12.1 Å². The molecule has 3 rings (SSSR count). The third kappa shape index (κ3) is 4.42. The second-order valence-electron chi connectivity index (χ2n) is 6.92. The molecule has 156 valence electrons. The molecule has 0 aromatic heterocycles. The van der Waals surface area contributed by atoms with Gasteiger partial charge in [0.15, 0.2) is 0 Å². The lowest BCUT2D eigenvalue weighted by molar-refractivity contribution is -0.143. The van der Waals surface area contributed by atoms with Gasteiger partial charge in [0.1, 0.15) is 23.2 Å². The molecular formula is C23H29NO5. The van der Waals surface area contributed by atoms with Crippen molar-refractivity contribution in [1.29, 1.82) is 0 Å². The van der Waals surface area contributed by atoms with Crippen molar-refractivity contribution in [3.8, 4) is 17.2 Å². The number of hydrogen-bond acceptors (Lipinski definition) is 6. The number of benzene rings is 2. The first-order valence-corrected chi connectivity index (χ1v) is 9.94. The number of methoxy groups -OCH3 is 3. The van der Waals surface area contributed by atoms with Gasteiger partial charge in [-0.2, -0.15) is 0 Å². The van der Waals surface area contributed by atoms with Crippen molar-refractivity contribution in [2.24, 2.45) is 0 Å². The highest BCUT2D eigenvalue weighted by molar-refractivity contribution is 5.85. The molecule has 1 aliphatic heterocycles. The van der Waals surface area contributed by atoms with E-state index in [-0.39, 0.29) is 5.97 Å². The lowest BCUT2D eigenvalue weighted by Crippen LogP contribution is -2.20. The van der Waals surface area contributed by atoms with Crippen molar-refractivity contribution in [1.82, 2.24) is 0 Å². The van der Waals surface area contributed by atoms with Crippen LogP contribution in [-0.2, 0) is 9.53 Å². The second kappa shape index (κ2) is 9.54. The smallest absolute Gasteiger partial charge is 0.318 e. The Morgan fingerprint density at radius 1 is 0.966 bits per heavy atom. The number of carbonyl (C=O) groups is 1. The molecule has 0 N–H and O–H groups in total. The van der Waals surface area contributed by atoms with E-state index >= 15 is 0 Å². The lowest BCUT2D eigenvalue weighted by atomic mass is 9.89. The zero-order valence-corrected chi connectivity index (χ0v) is 17.6. The molecule has 0 amide bonds. The Bertz CT molecular complexity index is 803. The van der Waals surface area contributed by atoms with E-state index in [2.05, 4.69) is 17.0 Å². The average Bonchev–Trinajstić information content (AvgIpc) is 3.29. The Morgan fingerprint density at radius 3 is 2.03 bits per heavy atom. The first-order chi connectivity index (χ1) is 14.1. The van der Waals surface area contributed by atoms with E-state index < -0.39 is 5.92 Å². The normalized spacial score (nSPS) is 14.4. The molecule has 0 saturated carbocycles. The fraction of sp³-hybridized carbons (Fsp3) is 0.435. The molecule has 1 aliphatic rings. The van der Waals surface area contributed by atoms with Crippen LogP contribution in [-0.4, -0.2) is 47.0 Å². The van der Waals surface area contributed by atoms with Crippen LogP contribution in [0.4, 0.5) is 5.69 Å². The fourth-order valence-corrected chi connectivity index (χ4v) is 3.82. The van der Waals surface area contributed by atoms with E-state index in [0.29, 0.717) is 29.4 Å². The molecule has 6 heteroatoms. The minimum atomic E-state index is -0.668. The molecule has 1 unspecified atom stereocenters. The van der Waals surface area contributed by atoms with Gasteiger partial charge < -0.3 is 23.8 Å². The standard InChI is InChI=1S/C23H29NO5/c1-5-29-23(25)21(16-8-10-17(11-9-16)24-12-6-7-13-24)22-19(27-3)14-18(26-2)15-20(22)28-4/h8-11,14-15,21H,5-7,12-13H2,1-4H3. The highest BCUT2D eigenvalue weighted by atomic mass is 16.5. The molecular weight excluding hydrogens is 370 g/mol. The van der Waals surface area contributed by atoms with Gasteiger partial charge in [0.25, 0.3) is 0 Å². The summed E-state index contributed by atoms with van der Waals surface area (Å²) < 4.78 is 21.9. The second-order valence-corrected chi connectivity index (χ2v) is 6.92. The number of nitrogens with zero attached hydrogens (tertiary/aromatic N) is 1. The van der Waals surface area contributed by atoms with E-state index in [1.165, 1.54) is 18.5 Å². The summed E-state index contributed by atoms with van der Waals surface area (Å²) in [5, 5.41) is 0. The van der Waals surface area contributed by atoms with Crippen molar-refractivity contribution in [2.45, 2.75) is 25.7 Å². The van der Waals surface area contributed by atoms with Crippen molar-refractivity contribution in [3.63, 3.8) is 0 Å². The first-order valence-electron chi connectivity index (χ1n) is 9.94. The van der Waals surface area contributed by atoms with E-state index in [1.807, 2.05) is 12.1 Å². The molecule has 1 saturated heterocycles. The lowest BCUT2D eigenvalue weighted by Gasteiger charge is -2.23. The largest absolute Gasteiger partial charge is 0.496 e. The third-order valence-corrected chi connectivity index (χ3v) is 5.26. The zero-order valence-electron chi connectivity index (χ0n) is 17.6. The van der Waals surface area contributed by atoms with Crippen molar-refractivity contribution in [2.75, 3.05) is 45.9 Å². The Kier molecular flexibility index (Phi) is 6.86. The maximum absolute atomic E-state index is 13.0. The predicted octanol–water partition coefficient (Wildman–Crippen LogP) is 4.01. The Hall–Kier alpha value is -2.89. The van der Waals surface area contributed by atoms with Crippen LogP contribution >= 0.6 is 0 Å². The summed E-state index contributed by atoms with van der Waals surface area (Å²) in [6, 6.07) is 11.6. The van der Waals surface area contributed by atoms with E-state index in [1.54, 1.807) is 40.4 Å². The van der Waals surface area contributed by atoms with Gasteiger partial charge in [-0.25, -0.2) is 0 Å². The van der Waals surface area contributed by atoms with Crippen LogP contribution in [0.1, 0.15) is 36.8 Å². The molecule has 0 bridgehead atoms. The van der Waals surface area contributed by atoms with Crippen LogP contribution in [0.25, 0.3) is 0 Å². The van der Waals surface area contributed by atoms with Crippen LogP contribution < -0.4 is 19.1 Å². The third-order valence-electron chi connectivity index (χ3n) is 5.26. The van der Waals surface area contributed by atoms with Crippen LogP contribution in [0, 0.1) is 0 Å². The molecule has 1 fully saturated rings. The molecule has 2 aromatic carbocycles. The van der Waals surface area contributed by atoms with Gasteiger partial charge in [0.05, 0.1) is 33.5 Å². The highest BCUT2D eigenvalue weighted by Gasteiger charge is 2.31. The SMILES string of the molecule is CCOC(=O)C(c1ccc(N2CCCC2)cc1)c1c(OC)cc(OC)cc1OC. The topological polar surface area (TPSA) is 57.2 Å². The summed E-state index contributed by atoms with van der Waals surface area (Å²) in [7, 11) is 4.71. The van der Waals surface area contributed by atoms with Crippen LogP contribution in [0.5, 0.6) is 17.2 Å². The van der Waals surface area contributed by atoms with E-state index in [0.717, 1.165) is 18.7 Å². The monoisotopic (exact) mass is 399 g/mol. The predicted molar refractivity (Wildman–Crippen MR) is 112 cm³/mol. The minimum absolute atomic E-state index is 0.294. The van der Waals surface area contributed by atoms with Crippen LogP contribution in [0.15, 0.2) is 36.4 Å². The maximum atomic E-state index is 13.0. The van der Waals surface area contributed by atoms with Gasteiger partial charge in [-0.05, 0) is 37.5 Å². The molecule has 1 heterocycles. The number of hydrogen-bond donors (Lipinski definition) is 0. The first kappa shape index (κ1) is 20.8. The van der Waals surface area contributed by atoms with E-state index in [9.17, 15) is 4.79 Å². The van der Waals surface area contributed by atoms with Gasteiger partial charge in [-0.15, -0.1) is 0 Å². The van der Waals surface area contributed by atoms with E-state index in [4.69, 9.17) is 18.9 Å². The Labute approximate surface area is 172 Å². The van der Waals surface area contributed by atoms with Crippen molar-refractivity contribution < 1.29 is 23.7 Å². The van der Waals surface area contributed by atoms with Crippen LogP contribution in [0.3, 0.4) is 0 Å². The minimum Gasteiger partial charge on any atom is -0.496 e. The molecule has 1 atom stereocenters. The molecule has 6 nitrogen and oxygen atoms in total. The number of rotatable bonds is 8. The fourth-order valence-electron chi connectivity index (χ4n) is 3.82. The Morgan fingerprint density at radius 2 is 1.55 bits per heavy atom. The summed E-state index contributed by atoms with van der Waals surface area (Å²) in [5.74, 6) is 0.613. The summed E-state index contributed by atoms with van der Waals surface area (Å²) >= 11 is 0. The van der Waals surface area contributed by atoms with Gasteiger partial charge in [0, 0.05) is 30.9 Å². The molecule has 0 radical (unpaired) electrons. The zero-order chi connectivity index (χ0) is 20.8. The Balaban J connectivity index is 2.07. The van der Waals surface area contributed by atoms with Gasteiger partial charge >= 0.3 is 5.97 Å². The number of anilines is 1. The summed E-state index contributed by atoms with van der Waals surface area (Å²) in [4.78, 5) is 15.4.